The maximum atomic E-state index is 12.1. The second-order valence-electron chi connectivity index (χ2n) is 5.85. The maximum Gasteiger partial charge on any atom is 0.277 e. The van der Waals surface area contributed by atoms with Crippen molar-refractivity contribution >= 4 is 29.1 Å². The summed E-state index contributed by atoms with van der Waals surface area (Å²) in [6.45, 7) is 2.34. The van der Waals surface area contributed by atoms with Crippen molar-refractivity contribution in [2.45, 2.75) is 19.8 Å². The van der Waals surface area contributed by atoms with Gasteiger partial charge in [0.1, 0.15) is 5.70 Å². The molecular formula is C17H19N3O4. The molecule has 2 N–H and O–H groups in total. The molecule has 1 aromatic rings. The van der Waals surface area contributed by atoms with E-state index in [1.807, 2.05) is 19.1 Å². The Morgan fingerprint density at radius 3 is 2.67 bits per heavy atom. The summed E-state index contributed by atoms with van der Waals surface area (Å²) in [6.07, 6.45) is 2.66. The van der Waals surface area contributed by atoms with Crippen molar-refractivity contribution in [3.8, 4) is 0 Å². The summed E-state index contributed by atoms with van der Waals surface area (Å²) in [7, 11) is 0. The summed E-state index contributed by atoms with van der Waals surface area (Å²) in [5.41, 5.74) is 2.63. The van der Waals surface area contributed by atoms with Crippen LogP contribution < -0.4 is 10.2 Å². The van der Waals surface area contributed by atoms with Crippen LogP contribution in [0.4, 0.5) is 11.4 Å². The minimum atomic E-state index is -0.453. The van der Waals surface area contributed by atoms with E-state index in [9.17, 15) is 14.4 Å². The normalized spacial score (nSPS) is 17.8. The van der Waals surface area contributed by atoms with Gasteiger partial charge in [0.15, 0.2) is 0 Å². The van der Waals surface area contributed by atoms with Crippen LogP contribution in [0.15, 0.2) is 30.0 Å². The van der Waals surface area contributed by atoms with Gasteiger partial charge in [-0.1, -0.05) is 0 Å². The van der Waals surface area contributed by atoms with Crippen molar-refractivity contribution in [2.24, 2.45) is 0 Å². The lowest BCUT2D eigenvalue weighted by atomic mass is 10.1. The topological polar surface area (TPSA) is 90.0 Å². The Morgan fingerprint density at radius 2 is 2.04 bits per heavy atom. The van der Waals surface area contributed by atoms with Gasteiger partial charge >= 0.3 is 0 Å². The van der Waals surface area contributed by atoms with E-state index in [0.29, 0.717) is 12.1 Å². The van der Waals surface area contributed by atoms with Gasteiger partial charge < -0.3 is 15.3 Å². The average Bonchev–Trinajstić information content (AvgIpc) is 3.07. The van der Waals surface area contributed by atoms with E-state index in [1.54, 1.807) is 11.0 Å². The summed E-state index contributed by atoms with van der Waals surface area (Å²) in [4.78, 5) is 38.5. The summed E-state index contributed by atoms with van der Waals surface area (Å²) in [5, 5.41) is 11.9. The lowest BCUT2D eigenvalue weighted by molar-refractivity contribution is -0.137. The molecule has 7 heteroatoms. The molecule has 1 aromatic carbocycles. The van der Waals surface area contributed by atoms with Gasteiger partial charge in [-0.3, -0.25) is 19.3 Å². The molecule has 7 nitrogen and oxygen atoms in total. The minimum Gasteiger partial charge on any atom is -0.395 e. The number of nitrogens with zero attached hydrogens (tertiary/aromatic N) is 2. The van der Waals surface area contributed by atoms with Crippen LogP contribution in [-0.2, 0) is 14.4 Å². The summed E-state index contributed by atoms with van der Waals surface area (Å²) in [5.74, 6) is -0.768. The SMILES string of the molecule is Cc1cc(NC2=CC(=O)N(CCO)C2=O)ccc1N1CCCC1=O. The number of carbonyl (C=O) groups excluding carboxylic acids is 3. The highest BCUT2D eigenvalue weighted by atomic mass is 16.3. The van der Waals surface area contributed by atoms with Crippen LogP contribution in [-0.4, -0.2) is 47.4 Å². The molecule has 126 valence electrons. The molecule has 3 rings (SSSR count). The predicted octanol–water partition coefficient (Wildman–Crippen LogP) is 0.779. The highest BCUT2D eigenvalue weighted by Crippen LogP contribution is 2.28. The van der Waals surface area contributed by atoms with Gasteiger partial charge in [0.25, 0.3) is 11.8 Å². The standard InChI is InChI=1S/C17H19N3O4/c1-11-9-12(4-5-14(11)19-6-2-3-15(19)22)18-13-10-16(23)20(7-8-21)17(13)24/h4-5,9-10,18,21H,2-3,6-8H2,1H3. The predicted molar refractivity (Wildman–Crippen MR) is 88.3 cm³/mol. The first-order valence-electron chi connectivity index (χ1n) is 7.87. The largest absolute Gasteiger partial charge is 0.395 e. The van der Waals surface area contributed by atoms with Crippen LogP contribution >= 0.6 is 0 Å². The van der Waals surface area contributed by atoms with Gasteiger partial charge in [0, 0.05) is 30.4 Å². The zero-order chi connectivity index (χ0) is 17.3. The number of β-amino-alcohol motifs (C(OH)–C–C–N with tert-alkyl or cyclic N) is 1. The van der Waals surface area contributed by atoms with Crippen molar-refractivity contribution in [2.75, 3.05) is 29.9 Å². The third-order valence-electron chi connectivity index (χ3n) is 4.17. The van der Waals surface area contributed by atoms with Gasteiger partial charge in [0.2, 0.25) is 5.91 Å². The third kappa shape index (κ3) is 2.90. The number of benzene rings is 1. The van der Waals surface area contributed by atoms with Gasteiger partial charge in [-0.25, -0.2) is 0 Å². The maximum absolute atomic E-state index is 12.1. The molecule has 0 radical (unpaired) electrons. The monoisotopic (exact) mass is 329 g/mol. The number of anilines is 2. The molecule has 0 atom stereocenters. The molecular weight excluding hydrogens is 310 g/mol. The molecule has 0 unspecified atom stereocenters. The summed E-state index contributed by atoms with van der Waals surface area (Å²) in [6, 6.07) is 5.46. The fourth-order valence-corrected chi connectivity index (χ4v) is 3.00. The number of rotatable bonds is 5. The Hall–Kier alpha value is -2.67. The first-order chi connectivity index (χ1) is 11.5. The Balaban J connectivity index is 1.76. The second kappa shape index (κ2) is 6.45. The number of hydrogen-bond donors (Lipinski definition) is 2. The summed E-state index contributed by atoms with van der Waals surface area (Å²) >= 11 is 0. The zero-order valence-corrected chi connectivity index (χ0v) is 13.4. The number of amides is 3. The number of carbonyl (C=O) groups is 3. The molecule has 2 aliphatic heterocycles. The molecule has 24 heavy (non-hydrogen) atoms. The zero-order valence-electron chi connectivity index (χ0n) is 13.4. The number of aliphatic hydroxyl groups excluding tert-OH is 1. The van der Waals surface area contributed by atoms with Gasteiger partial charge in [0.05, 0.1) is 13.2 Å². The third-order valence-corrected chi connectivity index (χ3v) is 4.17. The van der Waals surface area contributed by atoms with E-state index in [-0.39, 0.29) is 24.8 Å². The molecule has 0 aliphatic carbocycles. The van der Waals surface area contributed by atoms with Crippen molar-refractivity contribution in [1.82, 2.24) is 4.90 Å². The first-order valence-corrected chi connectivity index (χ1v) is 7.87. The fraction of sp³-hybridized carbons (Fsp3) is 0.353. The van der Waals surface area contributed by atoms with E-state index in [2.05, 4.69) is 5.32 Å². The Labute approximate surface area is 139 Å². The number of aliphatic hydroxyl groups is 1. The van der Waals surface area contributed by atoms with Crippen LogP contribution in [0, 0.1) is 6.92 Å². The molecule has 0 spiro atoms. The van der Waals surface area contributed by atoms with Crippen molar-refractivity contribution in [1.29, 1.82) is 0 Å². The number of nitrogens with one attached hydrogen (secondary N) is 1. The average molecular weight is 329 g/mol. The quantitative estimate of drug-likeness (QED) is 0.779. The second-order valence-corrected chi connectivity index (χ2v) is 5.85. The number of imide groups is 1. The molecule has 1 fully saturated rings. The van der Waals surface area contributed by atoms with Crippen LogP contribution in [0.25, 0.3) is 0 Å². The molecule has 0 saturated carbocycles. The minimum absolute atomic E-state index is 0.0195. The molecule has 0 aromatic heterocycles. The molecule has 1 saturated heterocycles. The van der Waals surface area contributed by atoms with E-state index in [4.69, 9.17) is 5.11 Å². The number of aryl methyl sites for hydroxylation is 1. The highest BCUT2D eigenvalue weighted by molar-refractivity contribution is 6.17. The Bertz CT molecular complexity index is 741. The van der Waals surface area contributed by atoms with Crippen LogP contribution in [0.2, 0.25) is 0 Å². The Kier molecular flexibility index (Phi) is 4.35. The molecule has 2 aliphatic rings. The smallest absolute Gasteiger partial charge is 0.277 e. The van der Waals surface area contributed by atoms with Gasteiger partial charge in [-0.2, -0.15) is 0 Å². The van der Waals surface area contributed by atoms with Crippen LogP contribution in [0.3, 0.4) is 0 Å². The van der Waals surface area contributed by atoms with Gasteiger partial charge in [-0.15, -0.1) is 0 Å². The van der Waals surface area contributed by atoms with E-state index in [0.717, 1.165) is 29.1 Å². The molecule has 0 bridgehead atoms. The fourth-order valence-electron chi connectivity index (χ4n) is 3.00. The first kappa shape index (κ1) is 16.2. The summed E-state index contributed by atoms with van der Waals surface area (Å²) < 4.78 is 0. The number of hydrogen-bond acceptors (Lipinski definition) is 5. The lowest BCUT2D eigenvalue weighted by Gasteiger charge is -2.19. The Morgan fingerprint density at radius 1 is 1.25 bits per heavy atom. The van der Waals surface area contributed by atoms with Crippen molar-refractivity contribution in [3.05, 3.63) is 35.5 Å². The van der Waals surface area contributed by atoms with E-state index in [1.165, 1.54) is 6.08 Å². The molecule has 2 heterocycles. The molecule has 3 amide bonds. The van der Waals surface area contributed by atoms with Gasteiger partial charge in [-0.05, 0) is 37.1 Å². The van der Waals surface area contributed by atoms with Crippen LogP contribution in [0.5, 0.6) is 0 Å². The van der Waals surface area contributed by atoms with Crippen LogP contribution in [0.1, 0.15) is 18.4 Å². The van der Waals surface area contributed by atoms with Crippen molar-refractivity contribution < 1.29 is 19.5 Å². The van der Waals surface area contributed by atoms with E-state index >= 15 is 0 Å². The highest BCUT2D eigenvalue weighted by Gasteiger charge is 2.30. The van der Waals surface area contributed by atoms with Crippen molar-refractivity contribution in [3.63, 3.8) is 0 Å². The lowest BCUT2D eigenvalue weighted by Crippen LogP contribution is -2.34. The van der Waals surface area contributed by atoms with E-state index < -0.39 is 11.8 Å².